The molecule has 1 atom stereocenters. The van der Waals surface area contributed by atoms with E-state index in [1.165, 1.54) is 6.92 Å². The lowest BCUT2D eigenvalue weighted by atomic mass is 10.3. The van der Waals surface area contributed by atoms with E-state index in [0.29, 0.717) is 0 Å². The number of rotatable bonds is 2. The largest absolute Gasteiger partial charge is 0.348 e. The van der Waals surface area contributed by atoms with Gasteiger partial charge in [0.05, 0.1) is 0 Å². The molecule has 0 saturated carbocycles. The van der Waals surface area contributed by atoms with Crippen molar-refractivity contribution < 1.29 is 13.2 Å². The zero-order valence-electron chi connectivity index (χ0n) is 4.60. The molecule has 0 fully saturated rings. The molecule has 0 heterocycles. The monoisotopic (exact) mass is 224 g/mol. The quantitative estimate of drug-likeness (QED) is 0.633. The van der Waals surface area contributed by atoms with Crippen LogP contribution in [-0.2, 0) is 0 Å². The Morgan fingerprint density at radius 1 is 1.44 bits per heavy atom. The molecule has 0 rings (SSSR count). The van der Waals surface area contributed by atoms with Gasteiger partial charge in [-0.15, -0.1) is 0 Å². The topological polar surface area (TPSA) is 0 Å². The molecule has 0 N–H and O–H groups in total. The molecular weight excluding hydrogens is 220 g/mol. The third kappa shape index (κ3) is 2.34. The normalized spacial score (nSPS) is 19.3. The van der Waals surface area contributed by atoms with E-state index in [9.17, 15) is 13.2 Å². The molecule has 5 heteroatoms. The molecule has 0 nitrogen and oxygen atoms in total. The Bertz CT molecular complexity index is 98.5. The van der Waals surface area contributed by atoms with Crippen LogP contribution in [0.25, 0.3) is 0 Å². The van der Waals surface area contributed by atoms with Crippen LogP contribution in [0.1, 0.15) is 13.3 Å². The van der Waals surface area contributed by atoms with Crippen LogP contribution >= 0.6 is 27.5 Å². The van der Waals surface area contributed by atoms with E-state index < -0.39 is 16.4 Å². The highest BCUT2D eigenvalue weighted by atomic mass is 79.9. The maximum absolute atomic E-state index is 12.3. The first kappa shape index (κ1) is 9.56. The molecule has 9 heavy (non-hydrogen) atoms. The van der Waals surface area contributed by atoms with E-state index in [-0.39, 0.29) is 0 Å². The van der Waals surface area contributed by atoms with Gasteiger partial charge < -0.3 is 0 Å². The van der Waals surface area contributed by atoms with Crippen molar-refractivity contribution >= 4 is 27.5 Å². The lowest BCUT2D eigenvalue weighted by Gasteiger charge is -2.20. The Kier molecular flexibility index (Phi) is 2.83. The van der Waals surface area contributed by atoms with Gasteiger partial charge in [-0.1, -0.05) is 18.5 Å². The molecule has 0 unspecified atom stereocenters. The van der Waals surface area contributed by atoms with E-state index in [4.69, 9.17) is 11.6 Å². The summed E-state index contributed by atoms with van der Waals surface area (Å²) in [6.07, 6.45) is -0.438. The number of hydrogen-bond acceptors (Lipinski definition) is 0. The van der Waals surface area contributed by atoms with E-state index in [2.05, 4.69) is 0 Å². The fraction of sp³-hybridized carbons (Fsp3) is 1.00. The second-order valence-electron chi connectivity index (χ2n) is 1.56. The van der Waals surface area contributed by atoms with Crippen LogP contribution in [-0.4, -0.2) is 9.96 Å². The van der Waals surface area contributed by atoms with Gasteiger partial charge in [0.15, 0.2) is 0 Å². The summed E-state index contributed by atoms with van der Waals surface area (Å²) in [7, 11) is 0. The van der Waals surface area contributed by atoms with E-state index >= 15 is 0 Å². The van der Waals surface area contributed by atoms with Gasteiger partial charge >= 0.3 is 4.83 Å². The Balaban J connectivity index is 4.14. The van der Waals surface area contributed by atoms with Crippen molar-refractivity contribution in [1.29, 1.82) is 0 Å². The molecule has 0 aromatic carbocycles. The van der Waals surface area contributed by atoms with Gasteiger partial charge in [0.2, 0.25) is 0 Å². The van der Waals surface area contributed by atoms with Crippen molar-refractivity contribution in [3.8, 4) is 0 Å². The minimum absolute atomic E-state index is 0.438. The average Bonchev–Trinajstić information content (AvgIpc) is 1.64. The Labute approximate surface area is 64.5 Å². The molecule has 0 aliphatic rings. The van der Waals surface area contributed by atoms with Crippen molar-refractivity contribution in [2.24, 2.45) is 0 Å². The summed E-state index contributed by atoms with van der Waals surface area (Å²) in [5.41, 5.74) is 0. The van der Waals surface area contributed by atoms with Gasteiger partial charge in [0.1, 0.15) is 0 Å². The number of hydrogen-bond donors (Lipinski definition) is 0. The Hall–Kier alpha value is 0.560. The molecule has 56 valence electrons. The van der Waals surface area contributed by atoms with E-state index in [0.717, 1.165) is 0 Å². The number of alkyl halides is 5. The van der Waals surface area contributed by atoms with Crippen molar-refractivity contribution in [3.63, 3.8) is 0 Å². The van der Waals surface area contributed by atoms with Crippen LogP contribution < -0.4 is 0 Å². The van der Waals surface area contributed by atoms with Gasteiger partial charge in [0.25, 0.3) is 5.13 Å². The first-order valence-corrected chi connectivity index (χ1v) is 3.43. The summed E-state index contributed by atoms with van der Waals surface area (Å²) in [4.78, 5) is -3.64. The van der Waals surface area contributed by atoms with Crippen molar-refractivity contribution in [3.05, 3.63) is 0 Å². The van der Waals surface area contributed by atoms with Crippen LogP contribution in [0.2, 0.25) is 0 Å². The predicted molar refractivity (Wildman–Crippen MR) is 33.9 cm³/mol. The SMILES string of the molecule is CC[C@](F)(Cl)C(F)(F)Br. The Morgan fingerprint density at radius 2 is 1.78 bits per heavy atom. The highest BCUT2D eigenvalue weighted by molar-refractivity contribution is 9.10. The molecular formula is C4H5BrClF3. The molecule has 0 radical (unpaired) electrons. The summed E-state index contributed by atoms with van der Waals surface area (Å²) in [5, 5.41) is -2.97. The second kappa shape index (κ2) is 2.66. The molecule has 0 aliphatic carbocycles. The fourth-order valence-electron chi connectivity index (χ4n) is 0.200. The predicted octanol–water partition coefficient (Wildman–Crippen LogP) is 3.29. The third-order valence-corrected chi connectivity index (χ3v) is 2.22. The molecule has 0 aliphatic heterocycles. The van der Waals surface area contributed by atoms with Crippen molar-refractivity contribution in [2.45, 2.75) is 23.3 Å². The fourth-order valence-corrected chi connectivity index (χ4v) is 0.481. The summed E-state index contributed by atoms with van der Waals surface area (Å²) in [5.74, 6) is 0. The molecule has 0 aromatic heterocycles. The summed E-state index contributed by atoms with van der Waals surface area (Å²) in [6, 6.07) is 0. The average molecular weight is 225 g/mol. The number of halogens is 5. The van der Waals surface area contributed by atoms with Crippen molar-refractivity contribution in [2.75, 3.05) is 0 Å². The zero-order valence-corrected chi connectivity index (χ0v) is 6.94. The van der Waals surface area contributed by atoms with Gasteiger partial charge in [-0.2, -0.15) is 8.78 Å². The van der Waals surface area contributed by atoms with E-state index in [1.54, 1.807) is 0 Å². The third-order valence-electron chi connectivity index (χ3n) is 0.859. The first-order valence-electron chi connectivity index (χ1n) is 2.26. The first-order chi connectivity index (χ1) is 3.81. The second-order valence-corrected chi connectivity index (χ2v) is 3.15. The van der Waals surface area contributed by atoms with Gasteiger partial charge in [-0.25, -0.2) is 4.39 Å². The van der Waals surface area contributed by atoms with E-state index in [1.807, 2.05) is 15.9 Å². The van der Waals surface area contributed by atoms with Crippen LogP contribution in [0, 0.1) is 0 Å². The molecule has 0 spiro atoms. The van der Waals surface area contributed by atoms with Gasteiger partial charge in [-0.3, -0.25) is 0 Å². The standard InChI is InChI=1S/C4H5BrClF3/c1-2-3(6,7)4(5,8)9/h2H2,1H3/t3-/m1/s1. The van der Waals surface area contributed by atoms with Crippen LogP contribution in [0.3, 0.4) is 0 Å². The summed E-state index contributed by atoms with van der Waals surface area (Å²) >= 11 is 6.55. The molecule has 0 aromatic rings. The van der Waals surface area contributed by atoms with Gasteiger partial charge in [0, 0.05) is 0 Å². The minimum Gasteiger partial charge on any atom is -0.218 e. The van der Waals surface area contributed by atoms with Crippen LogP contribution in [0.5, 0.6) is 0 Å². The minimum atomic E-state index is -3.64. The summed E-state index contributed by atoms with van der Waals surface area (Å²) in [6.45, 7) is 1.24. The Morgan fingerprint density at radius 3 is 1.78 bits per heavy atom. The highest BCUT2D eigenvalue weighted by Crippen LogP contribution is 2.43. The van der Waals surface area contributed by atoms with Crippen LogP contribution in [0.15, 0.2) is 0 Å². The molecule has 0 amide bonds. The maximum Gasteiger partial charge on any atom is 0.348 e. The lowest BCUT2D eigenvalue weighted by molar-refractivity contribution is -0.00678. The van der Waals surface area contributed by atoms with Gasteiger partial charge in [-0.05, 0) is 22.4 Å². The zero-order chi connectivity index (χ0) is 7.71. The maximum atomic E-state index is 12.3. The van der Waals surface area contributed by atoms with Crippen molar-refractivity contribution in [1.82, 2.24) is 0 Å². The molecule has 0 saturated heterocycles. The summed E-state index contributed by atoms with van der Waals surface area (Å²) < 4.78 is 36.1. The molecule has 0 bridgehead atoms. The highest BCUT2D eigenvalue weighted by Gasteiger charge is 2.50. The smallest absolute Gasteiger partial charge is 0.218 e. The lowest BCUT2D eigenvalue weighted by Crippen LogP contribution is -2.32. The van der Waals surface area contributed by atoms with Crippen LogP contribution in [0.4, 0.5) is 13.2 Å².